The highest BCUT2D eigenvalue weighted by Gasteiger charge is 2.46. The molecule has 2 atom stereocenters. The van der Waals surface area contributed by atoms with Crippen LogP contribution in [0.5, 0.6) is 0 Å². The number of carbonyl (C=O) groups excluding carboxylic acids is 3. The number of nitrogens with one attached hydrogen (secondary N) is 1. The zero-order valence-corrected chi connectivity index (χ0v) is 18.9. The van der Waals surface area contributed by atoms with E-state index in [1.165, 1.54) is 9.21 Å². The fraction of sp³-hybridized carbons (Fsp3) is 0.522. The highest BCUT2D eigenvalue weighted by atomic mass is 32.2. The van der Waals surface area contributed by atoms with Crippen molar-refractivity contribution in [1.29, 1.82) is 0 Å². The Labute approximate surface area is 188 Å². The summed E-state index contributed by atoms with van der Waals surface area (Å²) in [5.74, 6) is -1.18. The second-order valence-corrected chi connectivity index (χ2v) is 10.6. The average molecular weight is 460 g/mol. The first-order valence-electron chi connectivity index (χ1n) is 11.2. The predicted molar refractivity (Wildman–Crippen MR) is 118 cm³/mol. The molecule has 8 nitrogen and oxygen atoms in total. The summed E-state index contributed by atoms with van der Waals surface area (Å²) in [6, 6.07) is 6.54. The predicted octanol–water partition coefficient (Wildman–Crippen LogP) is 1.82. The standard InChI is InChI=1S/C23H29N3O5S/c27-21(12-15-26-22(28)19-6-2-3-7-20(19)23(26)29)24-16-17-8-10-18(11-9-17)32(30,31)25-13-4-1-5-14-25/h2-3,8-11,19-20H,1,4-7,12-16H2,(H,24,27)/t19-,20-/m1/s1. The summed E-state index contributed by atoms with van der Waals surface area (Å²) >= 11 is 0. The number of sulfonamides is 1. The Hall–Kier alpha value is -2.52. The summed E-state index contributed by atoms with van der Waals surface area (Å²) in [6.07, 6.45) is 7.92. The molecule has 0 unspecified atom stereocenters. The monoisotopic (exact) mass is 459 g/mol. The number of likely N-dealkylation sites (tertiary alicyclic amines) is 1. The molecule has 0 radical (unpaired) electrons. The fourth-order valence-corrected chi connectivity index (χ4v) is 6.14. The Morgan fingerprint density at radius 3 is 2.12 bits per heavy atom. The molecule has 2 heterocycles. The van der Waals surface area contributed by atoms with Gasteiger partial charge in [0.25, 0.3) is 0 Å². The molecular formula is C23H29N3O5S. The molecule has 9 heteroatoms. The van der Waals surface area contributed by atoms with Crippen molar-refractivity contribution in [3.05, 3.63) is 42.0 Å². The number of hydrogen-bond donors (Lipinski definition) is 1. The van der Waals surface area contributed by atoms with Gasteiger partial charge in [0.1, 0.15) is 0 Å². The number of imide groups is 1. The minimum atomic E-state index is -3.48. The second-order valence-electron chi connectivity index (χ2n) is 8.62. The van der Waals surface area contributed by atoms with Crippen molar-refractivity contribution in [1.82, 2.24) is 14.5 Å². The Balaban J connectivity index is 1.26. The summed E-state index contributed by atoms with van der Waals surface area (Å²) in [6.45, 7) is 1.45. The molecule has 4 rings (SSSR count). The molecule has 0 aromatic heterocycles. The van der Waals surface area contributed by atoms with Crippen LogP contribution in [0.2, 0.25) is 0 Å². The van der Waals surface area contributed by atoms with Gasteiger partial charge < -0.3 is 5.32 Å². The number of piperidine rings is 1. The van der Waals surface area contributed by atoms with Gasteiger partial charge in [0.2, 0.25) is 27.7 Å². The van der Waals surface area contributed by atoms with Gasteiger partial charge in [-0.3, -0.25) is 19.3 Å². The van der Waals surface area contributed by atoms with Gasteiger partial charge in [-0.15, -0.1) is 0 Å². The van der Waals surface area contributed by atoms with Crippen molar-refractivity contribution in [2.24, 2.45) is 11.8 Å². The molecule has 1 aromatic carbocycles. The number of fused-ring (bicyclic) bond motifs is 1. The number of benzene rings is 1. The molecular weight excluding hydrogens is 430 g/mol. The van der Waals surface area contributed by atoms with Gasteiger partial charge in [-0.1, -0.05) is 30.7 Å². The van der Waals surface area contributed by atoms with E-state index in [4.69, 9.17) is 0 Å². The molecule has 2 fully saturated rings. The SMILES string of the molecule is O=C(CCN1C(=O)[C@@H]2CC=CC[C@H]2C1=O)NCc1ccc(S(=O)(=O)N2CCCCC2)cc1. The summed E-state index contributed by atoms with van der Waals surface area (Å²) in [4.78, 5) is 38.7. The van der Waals surface area contributed by atoms with Crippen LogP contribution in [0, 0.1) is 11.8 Å². The number of hydrogen-bond acceptors (Lipinski definition) is 5. The highest BCUT2D eigenvalue weighted by molar-refractivity contribution is 7.89. The van der Waals surface area contributed by atoms with Gasteiger partial charge in [-0.2, -0.15) is 4.31 Å². The average Bonchev–Trinajstić information content (AvgIpc) is 3.07. The minimum absolute atomic E-state index is 0.0474. The number of allylic oxidation sites excluding steroid dienone is 2. The van der Waals surface area contributed by atoms with E-state index in [1.54, 1.807) is 24.3 Å². The molecule has 3 amide bonds. The van der Waals surface area contributed by atoms with Crippen LogP contribution in [0.3, 0.4) is 0 Å². The summed E-state index contributed by atoms with van der Waals surface area (Å²) < 4.78 is 27.0. The molecule has 2 saturated heterocycles. The van der Waals surface area contributed by atoms with Crippen LogP contribution in [0.4, 0.5) is 0 Å². The molecule has 32 heavy (non-hydrogen) atoms. The van der Waals surface area contributed by atoms with Gasteiger partial charge in [-0.05, 0) is 43.4 Å². The summed E-state index contributed by atoms with van der Waals surface area (Å²) in [7, 11) is -3.48. The van der Waals surface area contributed by atoms with E-state index in [0.29, 0.717) is 25.9 Å². The van der Waals surface area contributed by atoms with Crippen LogP contribution in [0.1, 0.15) is 44.1 Å². The maximum Gasteiger partial charge on any atom is 0.243 e. The maximum atomic E-state index is 12.7. The maximum absolute atomic E-state index is 12.7. The zero-order chi connectivity index (χ0) is 22.7. The third-order valence-corrected chi connectivity index (χ3v) is 8.44. The fourth-order valence-electron chi connectivity index (χ4n) is 4.63. The molecule has 172 valence electrons. The summed E-state index contributed by atoms with van der Waals surface area (Å²) in [5, 5.41) is 2.78. The highest BCUT2D eigenvalue weighted by Crippen LogP contribution is 2.35. The van der Waals surface area contributed by atoms with Crippen LogP contribution >= 0.6 is 0 Å². The van der Waals surface area contributed by atoms with Crippen LogP contribution in [-0.4, -0.2) is 55.0 Å². The van der Waals surface area contributed by atoms with Gasteiger partial charge >= 0.3 is 0 Å². The smallest absolute Gasteiger partial charge is 0.243 e. The van der Waals surface area contributed by atoms with Crippen molar-refractivity contribution < 1.29 is 22.8 Å². The largest absolute Gasteiger partial charge is 0.352 e. The number of nitrogens with zero attached hydrogens (tertiary/aromatic N) is 2. The topological polar surface area (TPSA) is 104 Å². The quantitative estimate of drug-likeness (QED) is 0.495. The van der Waals surface area contributed by atoms with Gasteiger partial charge in [0.05, 0.1) is 16.7 Å². The van der Waals surface area contributed by atoms with Crippen molar-refractivity contribution in [2.75, 3.05) is 19.6 Å². The van der Waals surface area contributed by atoms with E-state index in [9.17, 15) is 22.8 Å². The first-order chi connectivity index (χ1) is 15.4. The number of rotatable bonds is 7. The van der Waals surface area contributed by atoms with Crippen molar-refractivity contribution in [3.63, 3.8) is 0 Å². The molecule has 0 spiro atoms. The first kappa shape index (κ1) is 22.7. The molecule has 3 aliphatic rings. The van der Waals surface area contributed by atoms with Crippen LogP contribution in [-0.2, 0) is 31.0 Å². The van der Waals surface area contributed by atoms with E-state index in [1.807, 2.05) is 12.2 Å². The van der Waals surface area contributed by atoms with E-state index < -0.39 is 10.0 Å². The van der Waals surface area contributed by atoms with Crippen molar-refractivity contribution in [2.45, 2.75) is 50.0 Å². The van der Waals surface area contributed by atoms with E-state index in [-0.39, 0.29) is 54.0 Å². The third kappa shape index (κ3) is 4.63. The Morgan fingerprint density at radius 2 is 1.53 bits per heavy atom. The molecule has 0 bridgehead atoms. The number of carbonyl (C=O) groups is 3. The lowest BCUT2D eigenvalue weighted by atomic mass is 9.85. The lowest BCUT2D eigenvalue weighted by Crippen LogP contribution is -2.35. The molecule has 2 aliphatic heterocycles. The van der Waals surface area contributed by atoms with Gasteiger partial charge in [0, 0.05) is 32.6 Å². The van der Waals surface area contributed by atoms with E-state index >= 15 is 0 Å². The lowest BCUT2D eigenvalue weighted by molar-refractivity contribution is -0.140. The van der Waals surface area contributed by atoms with Crippen molar-refractivity contribution >= 4 is 27.7 Å². The third-order valence-electron chi connectivity index (χ3n) is 6.53. The van der Waals surface area contributed by atoms with Crippen LogP contribution in [0.15, 0.2) is 41.3 Å². The lowest BCUT2D eigenvalue weighted by Gasteiger charge is -2.25. The Kier molecular flexibility index (Phi) is 6.76. The van der Waals surface area contributed by atoms with Crippen LogP contribution < -0.4 is 5.32 Å². The second kappa shape index (κ2) is 9.54. The minimum Gasteiger partial charge on any atom is -0.352 e. The normalized spacial score (nSPS) is 23.9. The Bertz CT molecular complexity index is 987. The molecule has 1 N–H and O–H groups in total. The summed E-state index contributed by atoms with van der Waals surface area (Å²) in [5.41, 5.74) is 0.779. The first-order valence-corrected chi connectivity index (χ1v) is 12.7. The number of amides is 3. The van der Waals surface area contributed by atoms with E-state index in [2.05, 4.69) is 5.32 Å². The molecule has 1 aliphatic carbocycles. The van der Waals surface area contributed by atoms with Gasteiger partial charge in [0.15, 0.2) is 0 Å². The molecule has 1 aromatic rings. The zero-order valence-electron chi connectivity index (χ0n) is 18.0. The van der Waals surface area contributed by atoms with E-state index in [0.717, 1.165) is 24.8 Å². The Morgan fingerprint density at radius 1 is 0.938 bits per heavy atom. The molecule has 0 saturated carbocycles. The van der Waals surface area contributed by atoms with Gasteiger partial charge in [-0.25, -0.2) is 8.42 Å². The van der Waals surface area contributed by atoms with Crippen molar-refractivity contribution in [3.8, 4) is 0 Å². The van der Waals surface area contributed by atoms with Crippen LogP contribution in [0.25, 0.3) is 0 Å².